The van der Waals surface area contributed by atoms with Crippen molar-refractivity contribution in [2.24, 2.45) is 0 Å². The van der Waals surface area contributed by atoms with Gasteiger partial charge in [0.15, 0.2) is 0 Å². The molecule has 4 heteroatoms. The highest BCUT2D eigenvalue weighted by atomic mass is 16.2. The fraction of sp³-hybridized carbons (Fsp3) is 0.429. The van der Waals surface area contributed by atoms with Crippen molar-refractivity contribution >= 4 is 11.8 Å². The fourth-order valence-corrected chi connectivity index (χ4v) is 1.23. The smallest absolute Gasteiger partial charge is 0.253 e. The fourth-order valence-electron chi connectivity index (χ4n) is 1.23. The third-order valence-corrected chi connectivity index (χ3v) is 1.97. The number of hydrogen-bond acceptors (Lipinski definition) is 3. The van der Waals surface area contributed by atoms with Gasteiger partial charge in [-0.3, -0.25) is 14.5 Å². The summed E-state index contributed by atoms with van der Waals surface area (Å²) in [6.07, 6.45) is 2.64. The summed E-state index contributed by atoms with van der Waals surface area (Å²) in [7, 11) is 0. The van der Waals surface area contributed by atoms with Crippen LogP contribution in [0.3, 0.4) is 0 Å². The van der Waals surface area contributed by atoms with Crippen molar-refractivity contribution in [2.45, 2.75) is 6.04 Å². The van der Waals surface area contributed by atoms with E-state index in [0.717, 1.165) is 13.1 Å². The Balaban J connectivity index is 2.13. The molecule has 0 aromatic rings. The number of amides is 2. The van der Waals surface area contributed by atoms with Crippen molar-refractivity contribution in [1.82, 2.24) is 10.2 Å². The van der Waals surface area contributed by atoms with Gasteiger partial charge in [-0.2, -0.15) is 0 Å². The van der Waals surface area contributed by atoms with Gasteiger partial charge in [0.25, 0.3) is 11.8 Å². The summed E-state index contributed by atoms with van der Waals surface area (Å²) < 4.78 is 0. The normalized spacial score (nSPS) is 24.5. The Labute approximate surface area is 63.9 Å². The second-order valence-electron chi connectivity index (χ2n) is 2.69. The van der Waals surface area contributed by atoms with E-state index in [2.05, 4.69) is 5.32 Å². The molecule has 0 saturated carbocycles. The number of imide groups is 1. The van der Waals surface area contributed by atoms with Crippen LogP contribution in [0, 0.1) is 0 Å². The highest BCUT2D eigenvalue weighted by molar-refractivity contribution is 6.13. The van der Waals surface area contributed by atoms with Gasteiger partial charge in [0.05, 0.1) is 6.04 Å². The lowest BCUT2D eigenvalue weighted by Gasteiger charge is -2.33. The average molecular weight is 152 g/mol. The lowest BCUT2D eigenvalue weighted by molar-refractivity contribution is -0.140. The molecule has 58 valence electrons. The Bertz CT molecular complexity index is 225. The number of rotatable bonds is 1. The molecule has 0 radical (unpaired) electrons. The van der Waals surface area contributed by atoms with Gasteiger partial charge in [-0.1, -0.05) is 0 Å². The van der Waals surface area contributed by atoms with Crippen molar-refractivity contribution < 1.29 is 9.59 Å². The molecule has 2 amide bonds. The summed E-state index contributed by atoms with van der Waals surface area (Å²) in [4.78, 5) is 23.3. The molecule has 0 bridgehead atoms. The molecule has 0 spiro atoms. The molecule has 0 aromatic heterocycles. The quantitative estimate of drug-likeness (QED) is 0.484. The first-order valence-electron chi connectivity index (χ1n) is 3.55. The molecule has 0 aliphatic carbocycles. The molecule has 0 unspecified atom stereocenters. The summed E-state index contributed by atoms with van der Waals surface area (Å²) in [5, 5.41) is 3.01. The summed E-state index contributed by atoms with van der Waals surface area (Å²) in [6, 6.07) is 0.0880. The minimum absolute atomic E-state index is 0.0880. The molecule has 0 atom stereocenters. The van der Waals surface area contributed by atoms with Crippen LogP contribution < -0.4 is 5.32 Å². The van der Waals surface area contributed by atoms with Crippen LogP contribution in [0.15, 0.2) is 12.2 Å². The molecule has 2 heterocycles. The highest BCUT2D eigenvalue weighted by Crippen LogP contribution is 2.11. The number of carbonyl (C=O) groups is 2. The standard InChI is InChI=1S/C7H8N2O2/c10-6-1-2-7(11)9(6)5-3-8-4-5/h1-2,5,8H,3-4H2. The molecular weight excluding hydrogens is 144 g/mol. The Kier molecular flexibility index (Phi) is 1.29. The van der Waals surface area contributed by atoms with Gasteiger partial charge >= 0.3 is 0 Å². The van der Waals surface area contributed by atoms with E-state index in [1.54, 1.807) is 0 Å². The van der Waals surface area contributed by atoms with Crippen LogP contribution in [0.25, 0.3) is 0 Å². The second kappa shape index (κ2) is 2.17. The van der Waals surface area contributed by atoms with Crippen LogP contribution in [0.4, 0.5) is 0 Å². The topological polar surface area (TPSA) is 49.4 Å². The molecule has 1 N–H and O–H groups in total. The zero-order valence-electron chi connectivity index (χ0n) is 5.91. The van der Waals surface area contributed by atoms with Crippen molar-refractivity contribution in [2.75, 3.05) is 13.1 Å². The Morgan fingerprint density at radius 3 is 2.18 bits per heavy atom. The van der Waals surface area contributed by atoms with Crippen molar-refractivity contribution in [1.29, 1.82) is 0 Å². The molecule has 2 aliphatic heterocycles. The molecule has 2 rings (SSSR count). The van der Waals surface area contributed by atoms with E-state index in [1.165, 1.54) is 17.1 Å². The molecule has 11 heavy (non-hydrogen) atoms. The minimum atomic E-state index is -0.179. The summed E-state index contributed by atoms with van der Waals surface area (Å²) in [5.74, 6) is -0.358. The van der Waals surface area contributed by atoms with Gasteiger partial charge in [0.2, 0.25) is 0 Å². The van der Waals surface area contributed by atoms with Gasteiger partial charge in [-0.15, -0.1) is 0 Å². The van der Waals surface area contributed by atoms with Crippen LogP contribution in [0.5, 0.6) is 0 Å². The predicted octanol–water partition coefficient (Wildman–Crippen LogP) is -1.12. The van der Waals surface area contributed by atoms with E-state index < -0.39 is 0 Å². The Morgan fingerprint density at radius 2 is 1.82 bits per heavy atom. The number of nitrogens with one attached hydrogen (secondary N) is 1. The van der Waals surface area contributed by atoms with Gasteiger partial charge in [-0.25, -0.2) is 0 Å². The third-order valence-electron chi connectivity index (χ3n) is 1.97. The SMILES string of the molecule is O=C1C=CC(=O)N1C1CNC1. The monoisotopic (exact) mass is 152 g/mol. The first kappa shape index (κ1) is 6.54. The average Bonchev–Trinajstić information content (AvgIpc) is 2.15. The van der Waals surface area contributed by atoms with Gasteiger partial charge < -0.3 is 5.32 Å². The summed E-state index contributed by atoms with van der Waals surface area (Å²) in [6.45, 7) is 1.47. The van der Waals surface area contributed by atoms with Crippen molar-refractivity contribution in [3.05, 3.63) is 12.2 Å². The van der Waals surface area contributed by atoms with Crippen LogP contribution in [-0.2, 0) is 9.59 Å². The first-order chi connectivity index (χ1) is 5.29. The maximum Gasteiger partial charge on any atom is 0.253 e. The summed E-state index contributed by atoms with van der Waals surface area (Å²) >= 11 is 0. The summed E-state index contributed by atoms with van der Waals surface area (Å²) in [5.41, 5.74) is 0. The van der Waals surface area contributed by atoms with Gasteiger partial charge in [0, 0.05) is 25.2 Å². The highest BCUT2D eigenvalue weighted by Gasteiger charge is 2.34. The largest absolute Gasteiger partial charge is 0.313 e. The lowest BCUT2D eigenvalue weighted by Crippen LogP contribution is -2.58. The maximum absolute atomic E-state index is 11.0. The zero-order valence-corrected chi connectivity index (χ0v) is 5.91. The van der Waals surface area contributed by atoms with Gasteiger partial charge in [-0.05, 0) is 0 Å². The lowest BCUT2D eigenvalue weighted by atomic mass is 10.1. The molecule has 1 saturated heterocycles. The van der Waals surface area contributed by atoms with Gasteiger partial charge in [0.1, 0.15) is 0 Å². The number of nitrogens with zero attached hydrogens (tertiary/aromatic N) is 1. The van der Waals surface area contributed by atoms with E-state index in [9.17, 15) is 9.59 Å². The van der Waals surface area contributed by atoms with Crippen LogP contribution >= 0.6 is 0 Å². The number of hydrogen-bond donors (Lipinski definition) is 1. The van der Waals surface area contributed by atoms with Crippen molar-refractivity contribution in [3.63, 3.8) is 0 Å². The number of carbonyl (C=O) groups excluding carboxylic acids is 2. The zero-order chi connectivity index (χ0) is 7.84. The van der Waals surface area contributed by atoms with Crippen molar-refractivity contribution in [3.8, 4) is 0 Å². The molecular formula is C7H8N2O2. The van der Waals surface area contributed by atoms with Crippen LogP contribution in [0.1, 0.15) is 0 Å². The van der Waals surface area contributed by atoms with Crippen LogP contribution in [0.2, 0.25) is 0 Å². The van der Waals surface area contributed by atoms with E-state index in [4.69, 9.17) is 0 Å². The molecule has 1 fully saturated rings. The molecule has 0 aromatic carbocycles. The van der Waals surface area contributed by atoms with E-state index >= 15 is 0 Å². The van der Waals surface area contributed by atoms with E-state index in [-0.39, 0.29) is 17.9 Å². The first-order valence-corrected chi connectivity index (χ1v) is 3.55. The molecule has 4 nitrogen and oxygen atoms in total. The maximum atomic E-state index is 11.0. The Hall–Kier alpha value is -1.16. The third kappa shape index (κ3) is 0.867. The predicted molar refractivity (Wildman–Crippen MR) is 37.7 cm³/mol. The van der Waals surface area contributed by atoms with E-state index in [0.29, 0.717) is 0 Å². The Morgan fingerprint density at radius 1 is 1.27 bits per heavy atom. The second-order valence-corrected chi connectivity index (χ2v) is 2.69. The molecule has 2 aliphatic rings. The van der Waals surface area contributed by atoms with E-state index in [1.807, 2.05) is 0 Å². The minimum Gasteiger partial charge on any atom is -0.313 e. The van der Waals surface area contributed by atoms with Crippen LogP contribution in [-0.4, -0.2) is 35.8 Å².